The van der Waals surface area contributed by atoms with Gasteiger partial charge in [-0.1, -0.05) is 47.1 Å². The number of para-hydroxylation sites is 1. The van der Waals surface area contributed by atoms with Gasteiger partial charge in [0.05, 0.1) is 12.6 Å². The molecule has 0 heterocycles. The van der Waals surface area contributed by atoms with Gasteiger partial charge in [-0.25, -0.2) is 0 Å². The lowest BCUT2D eigenvalue weighted by molar-refractivity contribution is 0.313. The molecule has 0 saturated carbocycles. The first-order valence-corrected chi connectivity index (χ1v) is 7.65. The van der Waals surface area contributed by atoms with E-state index in [4.69, 9.17) is 10.5 Å². The van der Waals surface area contributed by atoms with Gasteiger partial charge in [-0.2, -0.15) is 0 Å². The smallest absolute Gasteiger partial charge is 0.124 e. The summed E-state index contributed by atoms with van der Waals surface area (Å²) in [4.78, 5) is 0. The molecule has 0 bridgehead atoms. The van der Waals surface area contributed by atoms with Crippen LogP contribution in [0.15, 0.2) is 46.9 Å². The van der Waals surface area contributed by atoms with Crippen molar-refractivity contribution in [3.8, 4) is 5.75 Å². The molecule has 2 rings (SSSR count). The minimum absolute atomic E-state index is 0.181. The molecule has 2 aromatic carbocycles. The molecule has 0 aliphatic heterocycles. The molecule has 0 amide bonds. The van der Waals surface area contributed by atoms with Crippen LogP contribution in [0.2, 0.25) is 0 Å². The maximum atomic E-state index is 6.43. The summed E-state index contributed by atoms with van der Waals surface area (Å²) in [6.07, 6.45) is 0.986. The summed E-state index contributed by atoms with van der Waals surface area (Å²) < 4.78 is 6.85. The molecule has 1 atom stereocenters. The maximum Gasteiger partial charge on any atom is 0.124 e. The van der Waals surface area contributed by atoms with Crippen LogP contribution in [0.5, 0.6) is 5.75 Å². The molecule has 0 fully saturated rings. The zero-order valence-electron chi connectivity index (χ0n) is 11.9. The summed E-state index contributed by atoms with van der Waals surface area (Å²) in [6, 6.07) is 14.1. The van der Waals surface area contributed by atoms with Gasteiger partial charge in [0.15, 0.2) is 0 Å². The Morgan fingerprint density at radius 3 is 2.65 bits per heavy atom. The molecular weight excluding hydrogens is 314 g/mol. The van der Waals surface area contributed by atoms with Gasteiger partial charge in [-0.3, -0.25) is 0 Å². The van der Waals surface area contributed by atoms with E-state index in [0.29, 0.717) is 6.61 Å². The van der Waals surface area contributed by atoms with Gasteiger partial charge in [-0.15, -0.1) is 0 Å². The second-order valence-electron chi connectivity index (χ2n) is 4.93. The number of benzene rings is 2. The van der Waals surface area contributed by atoms with Crippen LogP contribution in [0, 0.1) is 6.92 Å². The lowest BCUT2D eigenvalue weighted by Gasteiger charge is -2.18. The second kappa shape index (κ2) is 6.91. The van der Waals surface area contributed by atoms with Crippen molar-refractivity contribution in [2.75, 3.05) is 6.61 Å². The van der Waals surface area contributed by atoms with Crippen molar-refractivity contribution >= 4 is 15.9 Å². The van der Waals surface area contributed by atoms with Crippen LogP contribution in [-0.2, 0) is 0 Å². The van der Waals surface area contributed by atoms with E-state index < -0.39 is 0 Å². The summed E-state index contributed by atoms with van der Waals surface area (Å²) in [5.41, 5.74) is 9.73. The highest BCUT2D eigenvalue weighted by molar-refractivity contribution is 9.10. The van der Waals surface area contributed by atoms with Crippen LogP contribution in [0.25, 0.3) is 0 Å². The molecule has 20 heavy (non-hydrogen) atoms. The van der Waals surface area contributed by atoms with E-state index in [2.05, 4.69) is 48.0 Å². The first kappa shape index (κ1) is 15.1. The van der Waals surface area contributed by atoms with E-state index in [9.17, 15) is 0 Å². The van der Waals surface area contributed by atoms with Crippen LogP contribution < -0.4 is 10.5 Å². The van der Waals surface area contributed by atoms with E-state index in [1.54, 1.807) is 0 Å². The van der Waals surface area contributed by atoms with E-state index in [1.165, 1.54) is 5.56 Å². The van der Waals surface area contributed by atoms with Crippen LogP contribution in [0.4, 0.5) is 0 Å². The fourth-order valence-corrected chi connectivity index (χ4v) is 2.83. The van der Waals surface area contributed by atoms with Crippen molar-refractivity contribution < 1.29 is 4.74 Å². The Morgan fingerprint density at radius 2 is 1.95 bits per heavy atom. The first-order valence-electron chi connectivity index (χ1n) is 6.86. The van der Waals surface area contributed by atoms with Gasteiger partial charge in [0.2, 0.25) is 0 Å². The molecular formula is C17H20BrNO. The molecule has 3 heteroatoms. The van der Waals surface area contributed by atoms with Crippen molar-refractivity contribution in [2.24, 2.45) is 5.73 Å². The van der Waals surface area contributed by atoms with E-state index in [1.807, 2.05) is 24.3 Å². The van der Waals surface area contributed by atoms with Gasteiger partial charge in [-0.05, 0) is 42.7 Å². The standard InChI is InChI=1S/C17H20BrNO/c1-3-8-20-16-7-5-4-6-15(16)17(19)13-9-12(2)10-14(18)11-13/h4-7,9-11,17H,3,8,19H2,1-2H3. The van der Waals surface area contributed by atoms with Gasteiger partial charge < -0.3 is 10.5 Å². The lowest BCUT2D eigenvalue weighted by atomic mass is 9.97. The molecule has 2 aromatic rings. The average molecular weight is 334 g/mol. The fraction of sp³-hybridized carbons (Fsp3) is 0.294. The van der Waals surface area contributed by atoms with Crippen molar-refractivity contribution in [2.45, 2.75) is 26.3 Å². The van der Waals surface area contributed by atoms with E-state index in [0.717, 1.165) is 27.8 Å². The van der Waals surface area contributed by atoms with Crippen LogP contribution >= 0.6 is 15.9 Å². The summed E-state index contributed by atoms with van der Waals surface area (Å²) in [6.45, 7) is 4.88. The molecule has 0 saturated heterocycles. The Balaban J connectivity index is 2.34. The van der Waals surface area contributed by atoms with Gasteiger partial charge >= 0.3 is 0 Å². The zero-order chi connectivity index (χ0) is 14.5. The van der Waals surface area contributed by atoms with Crippen LogP contribution in [0.1, 0.15) is 36.1 Å². The molecule has 1 unspecified atom stereocenters. The quantitative estimate of drug-likeness (QED) is 0.868. The van der Waals surface area contributed by atoms with E-state index in [-0.39, 0.29) is 6.04 Å². The summed E-state index contributed by atoms with van der Waals surface area (Å²) in [5, 5.41) is 0. The topological polar surface area (TPSA) is 35.2 Å². The summed E-state index contributed by atoms with van der Waals surface area (Å²) in [5.74, 6) is 0.875. The van der Waals surface area contributed by atoms with Crippen molar-refractivity contribution in [1.29, 1.82) is 0 Å². The molecule has 0 aliphatic rings. The Kier molecular flexibility index (Phi) is 5.21. The lowest BCUT2D eigenvalue weighted by Crippen LogP contribution is -2.14. The van der Waals surface area contributed by atoms with Gasteiger partial charge in [0.1, 0.15) is 5.75 Å². The number of aryl methyl sites for hydroxylation is 1. The summed E-state index contributed by atoms with van der Waals surface area (Å²) >= 11 is 3.53. The second-order valence-corrected chi connectivity index (χ2v) is 5.84. The van der Waals surface area contributed by atoms with Crippen LogP contribution in [0.3, 0.4) is 0 Å². The maximum absolute atomic E-state index is 6.43. The monoisotopic (exact) mass is 333 g/mol. The number of hydrogen-bond acceptors (Lipinski definition) is 2. The number of rotatable bonds is 5. The Morgan fingerprint density at radius 1 is 1.20 bits per heavy atom. The largest absolute Gasteiger partial charge is 0.493 e. The molecule has 0 spiro atoms. The third-order valence-electron chi connectivity index (χ3n) is 3.14. The first-order chi connectivity index (χ1) is 9.61. The highest BCUT2D eigenvalue weighted by Gasteiger charge is 2.14. The third-order valence-corrected chi connectivity index (χ3v) is 3.60. The predicted octanol–water partition coefficient (Wildman–Crippen LogP) is 4.59. The Labute approximate surface area is 129 Å². The number of halogens is 1. The molecule has 2 nitrogen and oxygen atoms in total. The van der Waals surface area contributed by atoms with Crippen molar-refractivity contribution in [3.05, 3.63) is 63.6 Å². The number of nitrogens with two attached hydrogens (primary N) is 1. The Hall–Kier alpha value is -1.32. The normalized spacial score (nSPS) is 12.2. The number of ether oxygens (including phenoxy) is 1. The highest BCUT2D eigenvalue weighted by Crippen LogP contribution is 2.30. The fourth-order valence-electron chi connectivity index (χ4n) is 2.20. The highest BCUT2D eigenvalue weighted by atomic mass is 79.9. The van der Waals surface area contributed by atoms with E-state index >= 15 is 0 Å². The van der Waals surface area contributed by atoms with Crippen LogP contribution in [-0.4, -0.2) is 6.61 Å². The zero-order valence-corrected chi connectivity index (χ0v) is 13.5. The molecule has 106 valence electrons. The van der Waals surface area contributed by atoms with Crippen molar-refractivity contribution in [3.63, 3.8) is 0 Å². The minimum Gasteiger partial charge on any atom is -0.493 e. The molecule has 0 aliphatic carbocycles. The third kappa shape index (κ3) is 3.62. The predicted molar refractivity (Wildman–Crippen MR) is 87.1 cm³/mol. The summed E-state index contributed by atoms with van der Waals surface area (Å²) in [7, 11) is 0. The molecule has 0 aromatic heterocycles. The molecule has 0 radical (unpaired) electrons. The van der Waals surface area contributed by atoms with Crippen molar-refractivity contribution in [1.82, 2.24) is 0 Å². The Bertz CT molecular complexity index is 563. The minimum atomic E-state index is -0.181. The molecule has 2 N–H and O–H groups in total. The van der Waals surface area contributed by atoms with Gasteiger partial charge in [0, 0.05) is 10.0 Å². The SMILES string of the molecule is CCCOc1ccccc1C(N)c1cc(C)cc(Br)c1. The number of hydrogen-bond donors (Lipinski definition) is 1. The van der Waals surface area contributed by atoms with Gasteiger partial charge in [0.25, 0.3) is 0 Å². The average Bonchev–Trinajstić information content (AvgIpc) is 2.43.